The van der Waals surface area contributed by atoms with E-state index in [0.29, 0.717) is 24.3 Å². The lowest BCUT2D eigenvalue weighted by molar-refractivity contribution is -0.139. The van der Waals surface area contributed by atoms with Gasteiger partial charge in [-0.25, -0.2) is 4.79 Å². The Morgan fingerprint density at radius 2 is 2.00 bits per heavy atom. The highest BCUT2D eigenvalue weighted by Gasteiger charge is 2.20. The van der Waals surface area contributed by atoms with Crippen LogP contribution in [-0.4, -0.2) is 29.6 Å². The first-order chi connectivity index (χ1) is 8.60. The Morgan fingerprint density at radius 1 is 1.33 bits per heavy atom. The van der Waals surface area contributed by atoms with Gasteiger partial charge in [-0.15, -0.1) is 0 Å². The van der Waals surface area contributed by atoms with Gasteiger partial charge in [-0.1, -0.05) is 19.1 Å². The van der Waals surface area contributed by atoms with Gasteiger partial charge < -0.3 is 15.2 Å². The number of hydrogen-bond acceptors (Lipinski definition) is 3. The molecule has 0 aliphatic rings. The lowest BCUT2D eigenvalue weighted by Crippen LogP contribution is -2.40. The molecule has 0 aromatic heterocycles. The number of ether oxygens (including phenoxy) is 1. The van der Waals surface area contributed by atoms with E-state index in [1.54, 1.807) is 31.2 Å². The molecule has 0 saturated heterocycles. The summed E-state index contributed by atoms with van der Waals surface area (Å²) in [5.41, 5.74) is 0.346. The highest BCUT2D eigenvalue weighted by atomic mass is 16.5. The minimum Gasteiger partial charge on any atom is -0.493 e. The molecule has 0 spiro atoms. The molecule has 0 heterocycles. The molecule has 0 fully saturated rings. The quantitative estimate of drug-likeness (QED) is 0.806. The van der Waals surface area contributed by atoms with Crippen LogP contribution >= 0.6 is 0 Å². The lowest BCUT2D eigenvalue weighted by Gasteiger charge is -2.14. The third kappa shape index (κ3) is 3.48. The molecule has 1 aromatic carbocycles. The monoisotopic (exact) mass is 251 g/mol. The lowest BCUT2D eigenvalue weighted by atomic mass is 10.1. The normalized spacial score (nSPS) is 11.7. The maximum atomic E-state index is 12.0. The number of hydrogen-bond donors (Lipinski definition) is 2. The third-order valence-corrected chi connectivity index (χ3v) is 2.44. The molecule has 0 saturated carbocycles. The number of nitrogens with one attached hydrogen (secondary N) is 1. The van der Waals surface area contributed by atoms with Crippen LogP contribution in [-0.2, 0) is 4.79 Å². The minimum atomic E-state index is -1.04. The topological polar surface area (TPSA) is 75.6 Å². The van der Waals surface area contributed by atoms with Crippen LogP contribution in [0.25, 0.3) is 0 Å². The first-order valence-electron chi connectivity index (χ1n) is 5.85. The average Bonchev–Trinajstić information content (AvgIpc) is 2.36. The van der Waals surface area contributed by atoms with Gasteiger partial charge in [-0.2, -0.15) is 0 Å². The van der Waals surface area contributed by atoms with Gasteiger partial charge >= 0.3 is 5.97 Å². The van der Waals surface area contributed by atoms with E-state index in [2.05, 4.69) is 5.32 Å². The Hall–Kier alpha value is -2.04. The maximum Gasteiger partial charge on any atom is 0.326 e. The molecule has 2 N–H and O–H groups in total. The Bertz CT molecular complexity index is 431. The number of rotatable bonds is 6. The number of carbonyl (C=O) groups is 2. The number of carboxylic acid groups (broad SMARTS) is 1. The molecule has 0 radical (unpaired) electrons. The molecule has 1 rings (SSSR count). The van der Waals surface area contributed by atoms with Gasteiger partial charge in [0.1, 0.15) is 11.8 Å². The molecule has 0 aliphatic carbocycles. The van der Waals surface area contributed by atoms with Crippen molar-refractivity contribution in [2.45, 2.75) is 26.3 Å². The second kappa shape index (κ2) is 6.64. The van der Waals surface area contributed by atoms with E-state index in [1.165, 1.54) is 0 Å². The smallest absolute Gasteiger partial charge is 0.326 e. The van der Waals surface area contributed by atoms with Gasteiger partial charge in [0.25, 0.3) is 5.91 Å². The standard InChI is InChI=1S/C13H17NO4/c1-3-10(13(16)17)14-12(15)9-7-5-6-8-11(9)18-4-2/h5-8,10H,3-4H2,1-2H3,(H,14,15)(H,16,17). The minimum absolute atomic E-state index is 0.331. The fraction of sp³-hybridized carbons (Fsp3) is 0.385. The van der Waals surface area contributed by atoms with E-state index in [4.69, 9.17) is 9.84 Å². The van der Waals surface area contributed by atoms with E-state index >= 15 is 0 Å². The van der Waals surface area contributed by atoms with E-state index in [0.717, 1.165) is 0 Å². The molecule has 1 aromatic rings. The summed E-state index contributed by atoms with van der Waals surface area (Å²) in [5, 5.41) is 11.4. The van der Waals surface area contributed by atoms with Gasteiger partial charge in [0.2, 0.25) is 0 Å². The van der Waals surface area contributed by atoms with Crippen LogP contribution in [0.5, 0.6) is 5.75 Å². The van der Waals surface area contributed by atoms with Crippen molar-refractivity contribution in [2.75, 3.05) is 6.61 Å². The summed E-state index contributed by atoms with van der Waals surface area (Å²) in [6, 6.07) is 5.87. The fourth-order valence-electron chi connectivity index (χ4n) is 1.51. The summed E-state index contributed by atoms with van der Waals surface area (Å²) in [4.78, 5) is 22.8. The SMILES string of the molecule is CCOc1ccccc1C(=O)NC(CC)C(=O)O. The molecule has 5 nitrogen and oxygen atoms in total. The first kappa shape index (κ1) is 14.0. The van der Waals surface area contributed by atoms with Gasteiger partial charge in [-0.3, -0.25) is 4.79 Å². The van der Waals surface area contributed by atoms with Crippen LogP contribution in [0.15, 0.2) is 24.3 Å². The number of amides is 1. The van der Waals surface area contributed by atoms with Crippen molar-refractivity contribution in [3.05, 3.63) is 29.8 Å². The predicted octanol–water partition coefficient (Wildman–Crippen LogP) is 1.68. The molecule has 18 heavy (non-hydrogen) atoms. The summed E-state index contributed by atoms with van der Waals surface area (Å²) in [7, 11) is 0. The van der Waals surface area contributed by atoms with Crippen LogP contribution in [0.4, 0.5) is 0 Å². The number of aliphatic carboxylic acids is 1. The molecular weight excluding hydrogens is 234 g/mol. The highest BCUT2D eigenvalue weighted by molar-refractivity contribution is 5.98. The van der Waals surface area contributed by atoms with Crippen molar-refractivity contribution in [3.63, 3.8) is 0 Å². The third-order valence-electron chi connectivity index (χ3n) is 2.44. The molecule has 5 heteroatoms. The van der Waals surface area contributed by atoms with Gasteiger partial charge in [0.05, 0.1) is 12.2 Å². The van der Waals surface area contributed by atoms with Crippen LogP contribution in [0.2, 0.25) is 0 Å². The van der Waals surface area contributed by atoms with Crippen molar-refractivity contribution in [2.24, 2.45) is 0 Å². The Balaban J connectivity index is 2.86. The molecule has 98 valence electrons. The molecule has 1 unspecified atom stereocenters. The van der Waals surface area contributed by atoms with Crippen molar-refractivity contribution >= 4 is 11.9 Å². The Labute approximate surface area is 106 Å². The van der Waals surface area contributed by atoms with E-state index in [1.807, 2.05) is 6.92 Å². The summed E-state index contributed by atoms with van der Waals surface area (Å²) in [6.07, 6.45) is 0.331. The van der Waals surface area contributed by atoms with Crippen LogP contribution < -0.4 is 10.1 Å². The molecule has 0 bridgehead atoms. The average molecular weight is 251 g/mol. The zero-order valence-electron chi connectivity index (χ0n) is 10.5. The van der Waals surface area contributed by atoms with E-state index in [-0.39, 0.29) is 0 Å². The van der Waals surface area contributed by atoms with Crippen LogP contribution in [0, 0.1) is 0 Å². The summed E-state index contributed by atoms with van der Waals surface area (Å²) in [6.45, 7) is 3.97. The molecule has 0 aliphatic heterocycles. The first-order valence-corrected chi connectivity index (χ1v) is 5.85. The van der Waals surface area contributed by atoms with E-state index in [9.17, 15) is 9.59 Å². The summed E-state index contributed by atoms with van der Waals surface area (Å²) >= 11 is 0. The van der Waals surface area contributed by atoms with Crippen molar-refractivity contribution < 1.29 is 19.4 Å². The van der Waals surface area contributed by atoms with Crippen molar-refractivity contribution in [1.29, 1.82) is 0 Å². The van der Waals surface area contributed by atoms with Crippen LogP contribution in [0.1, 0.15) is 30.6 Å². The van der Waals surface area contributed by atoms with Gasteiger partial charge in [-0.05, 0) is 25.5 Å². The Kier molecular flexibility index (Phi) is 5.17. The molecular formula is C13H17NO4. The zero-order valence-corrected chi connectivity index (χ0v) is 10.5. The number of carbonyl (C=O) groups excluding carboxylic acids is 1. The van der Waals surface area contributed by atoms with E-state index < -0.39 is 17.9 Å². The second-order valence-corrected chi connectivity index (χ2v) is 3.70. The summed E-state index contributed by atoms with van der Waals surface area (Å²) < 4.78 is 5.33. The van der Waals surface area contributed by atoms with Crippen LogP contribution in [0.3, 0.4) is 0 Å². The fourth-order valence-corrected chi connectivity index (χ4v) is 1.51. The van der Waals surface area contributed by atoms with Crippen molar-refractivity contribution in [3.8, 4) is 5.75 Å². The number of carboxylic acids is 1. The van der Waals surface area contributed by atoms with Crippen molar-refractivity contribution in [1.82, 2.24) is 5.32 Å². The highest BCUT2D eigenvalue weighted by Crippen LogP contribution is 2.17. The van der Waals surface area contributed by atoms with Gasteiger partial charge in [0, 0.05) is 0 Å². The number of para-hydroxylation sites is 1. The van der Waals surface area contributed by atoms with Gasteiger partial charge in [0.15, 0.2) is 0 Å². The molecule has 1 atom stereocenters. The second-order valence-electron chi connectivity index (χ2n) is 3.70. The largest absolute Gasteiger partial charge is 0.493 e. The molecule has 1 amide bonds. The zero-order chi connectivity index (χ0) is 13.5. The summed E-state index contributed by atoms with van der Waals surface area (Å²) in [5.74, 6) is -1.02. The predicted molar refractivity (Wildman–Crippen MR) is 66.8 cm³/mol. The maximum absolute atomic E-state index is 12.0. The number of benzene rings is 1. The Morgan fingerprint density at radius 3 is 2.56 bits per heavy atom.